The average molecular weight is 268 g/mol. The molecule has 0 bridgehead atoms. The Hall–Kier alpha value is -1.87. The molecule has 0 radical (unpaired) electrons. The van der Waals surface area contributed by atoms with Gasteiger partial charge in [-0.25, -0.2) is 4.98 Å². The molecule has 0 aliphatic carbocycles. The van der Waals surface area contributed by atoms with Crippen molar-refractivity contribution >= 4 is 28.1 Å². The van der Waals surface area contributed by atoms with Gasteiger partial charge in [0.15, 0.2) is 0 Å². The van der Waals surface area contributed by atoms with Crippen molar-refractivity contribution in [1.82, 2.24) is 4.98 Å². The molecule has 0 fully saturated rings. The zero-order valence-electron chi connectivity index (χ0n) is 11.1. The van der Waals surface area contributed by atoms with Gasteiger partial charge in [-0.05, 0) is 48.6 Å². The number of anilines is 1. The standard InChI is InChI=1S/C16H16N2S/c1-11-7-8-19-15(11)10-17-16-12(2)9-13-5-3-4-6-14(13)18-16/h3-9H,10H2,1-2H3,(H,17,18). The fourth-order valence-corrected chi connectivity index (χ4v) is 3.00. The van der Waals surface area contributed by atoms with Crippen molar-refractivity contribution in [3.8, 4) is 0 Å². The van der Waals surface area contributed by atoms with Gasteiger partial charge in [-0.1, -0.05) is 18.2 Å². The third kappa shape index (κ3) is 2.47. The number of hydrogen-bond donors (Lipinski definition) is 1. The van der Waals surface area contributed by atoms with E-state index in [0.717, 1.165) is 17.9 Å². The van der Waals surface area contributed by atoms with E-state index in [1.807, 2.05) is 12.1 Å². The van der Waals surface area contributed by atoms with Gasteiger partial charge in [0.1, 0.15) is 5.82 Å². The largest absolute Gasteiger partial charge is 0.365 e. The maximum Gasteiger partial charge on any atom is 0.129 e. The molecule has 19 heavy (non-hydrogen) atoms. The van der Waals surface area contributed by atoms with Gasteiger partial charge in [0.2, 0.25) is 0 Å². The molecule has 1 N–H and O–H groups in total. The molecule has 0 aliphatic heterocycles. The summed E-state index contributed by atoms with van der Waals surface area (Å²) in [6.45, 7) is 5.09. The summed E-state index contributed by atoms with van der Waals surface area (Å²) in [6.07, 6.45) is 0. The zero-order valence-corrected chi connectivity index (χ0v) is 11.9. The monoisotopic (exact) mass is 268 g/mol. The van der Waals surface area contributed by atoms with Crippen molar-refractivity contribution in [3.05, 3.63) is 57.8 Å². The van der Waals surface area contributed by atoms with Crippen LogP contribution >= 0.6 is 11.3 Å². The van der Waals surface area contributed by atoms with E-state index in [4.69, 9.17) is 4.98 Å². The smallest absolute Gasteiger partial charge is 0.129 e. The van der Waals surface area contributed by atoms with Crippen molar-refractivity contribution in [2.75, 3.05) is 5.32 Å². The van der Waals surface area contributed by atoms with Gasteiger partial charge in [-0.15, -0.1) is 11.3 Å². The number of nitrogens with zero attached hydrogens (tertiary/aromatic N) is 1. The molecule has 3 heteroatoms. The van der Waals surface area contributed by atoms with Crippen LogP contribution in [0.15, 0.2) is 41.8 Å². The molecule has 1 aromatic carbocycles. The van der Waals surface area contributed by atoms with Crippen molar-refractivity contribution in [2.45, 2.75) is 20.4 Å². The number of benzene rings is 1. The Morgan fingerprint density at radius 2 is 1.95 bits per heavy atom. The lowest BCUT2D eigenvalue weighted by Gasteiger charge is -2.09. The lowest BCUT2D eigenvalue weighted by molar-refractivity contribution is 1.12. The molecule has 96 valence electrons. The maximum atomic E-state index is 4.70. The molecule has 0 saturated heterocycles. The number of hydrogen-bond acceptors (Lipinski definition) is 3. The average Bonchev–Trinajstić information content (AvgIpc) is 2.82. The third-order valence-corrected chi connectivity index (χ3v) is 4.32. The van der Waals surface area contributed by atoms with Crippen LogP contribution in [0.25, 0.3) is 10.9 Å². The van der Waals surface area contributed by atoms with Crippen LogP contribution in [0, 0.1) is 13.8 Å². The summed E-state index contributed by atoms with van der Waals surface area (Å²) >= 11 is 1.79. The van der Waals surface area contributed by atoms with E-state index in [-0.39, 0.29) is 0 Å². The first-order valence-electron chi connectivity index (χ1n) is 6.37. The molecule has 2 nitrogen and oxygen atoms in total. The maximum absolute atomic E-state index is 4.70. The van der Waals surface area contributed by atoms with E-state index >= 15 is 0 Å². The van der Waals surface area contributed by atoms with Gasteiger partial charge >= 0.3 is 0 Å². The number of nitrogens with one attached hydrogen (secondary N) is 1. The van der Waals surface area contributed by atoms with Crippen LogP contribution < -0.4 is 5.32 Å². The molecule has 0 amide bonds. The van der Waals surface area contributed by atoms with Crippen LogP contribution in [0.4, 0.5) is 5.82 Å². The summed E-state index contributed by atoms with van der Waals surface area (Å²) in [4.78, 5) is 6.07. The first-order valence-corrected chi connectivity index (χ1v) is 7.25. The van der Waals surface area contributed by atoms with Gasteiger partial charge in [-0.3, -0.25) is 0 Å². The van der Waals surface area contributed by atoms with E-state index in [1.165, 1.54) is 21.4 Å². The molecule has 2 aromatic heterocycles. The SMILES string of the molecule is Cc1cc2ccccc2nc1NCc1sccc1C. The highest BCUT2D eigenvalue weighted by molar-refractivity contribution is 7.10. The second kappa shape index (κ2) is 5.02. The van der Waals surface area contributed by atoms with Gasteiger partial charge in [0, 0.05) is 10.3 Å². The first-order chi connectivity index (χ1) is 9.24. The molecule has 3 aromatic rings. The molecular weight excluding hydrogens is 252 g/mol. The first kappa shape index (κ1) is 12.2. The van der Waals surface area contributed by atoms with Crippen molar-refractivity contribution < 1.29 is 0 Å². The van der Waals surface area contributed by atoms with E-state index in [9.17, 15) is 0 Å². The Kier molecular flexibility index (Phi) is 3.22. The van der Waals surface area contributed by atoms with Gasteiger partial charge in [-0.2, -0.15) is 0 Å². The van der Waals surface area contributed by atoms with E-state index in [1.54, 1.807) is 11.3 Å². The predicted molar refractivity (Wildman–Crippen MR) is 82.9 cm³/mol. The summed E-state index contributed by atoms with van der Waals surface area (Å²) in [7, 11) is 0. The molecule has 3 rings (SSSR count). The number of aromatic nitrogens is 1. The summed E-state index contributed by atoms with van der Waals surface area (Å²) in [5.74, 6) is 0.978. The Morgan fingerprint density at radius 1 is 1.11 bits per heavy atom. The van der Waals surface area contributed by atoms with Crippen molar-refractivity contribution in [2.24, 2.45) is 0 Å². The van der Waals surface area contributed by atoms with Crippen LogP contribution in [0.3, 0.4) is 0 Å². The minimum absolute atomic E-state index is 0.843. The van der Waals surface area contributed by atoms with Gasteiger partial charge in [0.05, 0.1) is 12.1 Å². The lowest BCUT2D eigenvalue weighted by atomic mass is 10.1. The lowest BCUT2D eigenvalue weighted by Crippen LogP contribution is -2.03. The highest BCUT2D eigenvalue weighted by atomic mass is 32.1. The second-order valence-electron chi connectivity index (χ2n) is 4.73. The van der Waals surface area contributed by atoms with Crippen molar-refractivity contribution in [1.29, 1.82) is 0 Å². The summed E-state index contributed by atoms with van der Waals surface area (Å²) < 4.78 is 0. The molecule has 0 unspecified atom stereocenters. The number of rotatable bonds is 3. The van der Waals surface area contributed by atoms with E-state index in [0.29, 0.717) is 0 Å². The molecule has 0 aliphatic rings. The fourth-order valence-electron chi connectivity index (χ4n) is 2.15. The normalized spacial score (nSPS) is 10.8. The molecular formula is C16H16N2S. The summed E-state index contributed by atoms with van der Waals surface area (Å²) in [5.41, 5.74) is 3.57. The topological polar surface area (TPSA) is 24.9 Å². The Bertz CT molecular complexity index is 716. The van der Waals surface area contributed by atoms with Crippen LogP contribution in [-0.2, 0) is 6.54 Å². The van der Waals surface area contributed by atoms with Crippen LogP contribution in [-0.4, -0.2) is 4.98 Å². The number of aryl methyl sites for hydroxylation is 2. The highest BCUT2D eigenvalue weighted by Crippen LogP contribution is 2.22. The summed E-state index contributed by atoms with van der Waals surface area (Å²) in [6, 6.07) is 12.6. The van der Waals surface area contributed by atoms with E-state index in [2.05, 4.69) is 48.8 Å². The number of pyridine rings is 1. The molecule has 2 heterocycles. The van der Waals surface area contributed by atoms with Gasteiger partial charge < -0.3 is 5.32 Å². The Morgan fingerprint density at radius 3 is 2.74 bits per heavy atom. The minimum Gasteiger partial charge on any atom is -0.365 e. The zero-order chi connectivity index (χ0) is 13.2. The molecule has 0 atom stereocenters. The third-order valence-electron chi connectivity index (χ3n) is 3.30. The fraction of sp³-hybridized carbons (Fsp3) is 0.188. The second-order valence-corrected chi connectivity index (χ2v) is 5.73. The Balaban J connectivity index is 1.88. The quantitative estimate of drug-likeness (QED) is 0.755. The number of thiophene rings is 1. The Labute approximate surface area is 117 Å². The summed E-state index contributed by atoms with van der Waals surface area (Å²) in [5, 5.41) is 6.77. The molecule has 0 saturated carbocycles. The highest BCUT2D eigenvalue weighted by Gasteiger charge is 2.04. The van der Waals surface area contributed by atoms with Crippen LogP contribution in [0.5, 0.6) is 0 Å². The van der Waals surface area contributed by atoms with Gasteiger partial charge in [0.25, 0.3) is 0 Å². The molecule has 0 spiro atoms. The number of para-hydroxylation sites is 1. The predicted octanol–water partition coefficient (Wildman–Crippen LogP) is 4.53. The van der Waals surface area contributed by atoms with E-state index < -0.39 is 0 Å². The van der Waals surface area contributed by atoms with Crippen molar-refractivity contribution in [3.63, 3.8) is 0 Å². The van der Waals surface area contributed by atoms with Crippen LogP contribution in [0.1, 0.15) is 16.0 Å². The number of fused-ring (bicyclic) bond motifs is 1. The van der Waals surface area contributed by atoms with Crippen LogP contribution in [0.2, 0.25) is 0 Å². The minimum atomic E-state index is 0.843.